The summed E-state index contributed by atoms with van der Waals surface area (Å²) in [5.41, 5.74) is 11.4. The number of benzene rings is 2. The summed E-state index contributed by atoms with van der Waals surface area (Å²) in [7, 11) is 0. The van der Waals surface area contributed by atoms with Crippen molar-refractivity contribution < 1.29 is 4.74 Å². The maximum absolute atomic E-state index is 5.82. The zero-order valence-electron chi connectivity index (χ0n) is 11.2. The van der Waals surface area contributed by atoms with Gasteiger partial charge in [-0.3, -0.25) is 0 Å². The summed E-state index contributed by atoms with van der Waals surface area (Å²) in [6, 6.07) is 12.1. The standard InChI is InChI=1S/C16H19NO/c1-11-4-6-14(8-13(11)3)10-18-16-9-15(17)7-5-12(16)2/h4-9H,10,17H2,1-3H3. The molecule has 0 atom stereocenters. The smallest absolute Gasteiger partial charge is 0.124 e. The van der Waals surface area contributed by atoms with Crippen molar-refractivity contribution in [2.75, 3.05) is 5.73 Å². The number of nitrogen functional groups attached to an aromatic ring is 1. The second-order valence-corrected chi connectivity index (χ2v) is 4.73. The van der Waals surface area contributed by atoms with Crippen LogP contribution >= 0.6 is 0 Å². The normalized spacial score (nSPS) is 10.4. The lowest BCUT2D eigenvalue weighted by Gasteiger charge is -2.11. The largest absolute Gasteiger partial charge is 0.489 e. The first kappa shape index (κ1) is 12.5. The Morgan fingerprint density at radius 3 is 2.33 bits per heavy atom. The number of hydrogen-bond donors (Lipinski definition) is 1. The molecule has 2 N–H and O–H groups in total. The van der Waals surface area contributed by atoms with E-state index in [9.17, 15) is 0 Å². The van der Waals surface area contributed by atoms with Crippen molar-refractivity contribution in [1.29, 1.82) is 0 Å². The van der Waals surface area contributed by atoms with Gasteiger partial charge in [-0.25, -0.2) is 0 Å². The van der Waals surface area contributed by atoms with Crippen LogP contribution in [0.5, 0.6) is 5.75 Å². The molecule has 0 amide bonds. The third kappa shape index (κ3) is 2.83. The fourth-order valence-electron chi connectivity index (χ4n) is 1.83. The number of aryl methyl sites for hydroxylation is 3. The number of hydrogen-bond acceptors (Lipinski definition) is 2. The molecule has 0 radical (unpaired) electrons. The molecule has 0 fully saturated rings. The summed E-state index contributed by atoms with van der Waals surface area (Å²) in [5, 5.41) is 0. The van der Waals surface area contributed by atoms with Crippen LogP contribution in [0.2, 0.25) is 0 Å². The van der Waals surface area contributed by atoms with Gasteiger partial charge in [-0.2, -0.15) is 0 Å². The molecule has 0 aliphatic carbocycles. The Kier molecular flexibility index (Phi) is 3.56. The zero-order chi connectivity index (χ0) is 13.1. The van der Waals surface area contributed by atoms with Crippen LogP contribution in [-0.4, -0.2) is 0 Å². The van der Waals surface area contributed by atoms with E-state index in [0.29, 0.717) is 6.61 Å². The average Bonchev–Trinajstić information content (AvgIpc) is 2.34. The van der Waals surface area contributed by atoms with Gasteiger partial charge in [0.25, 0.3) is 0 Å². The van der Waals surface area contributed by atoms with Crippen LogP contribution in [0.15, 0.2) is 36.4 Å². The molecule has 0 aromatic heterocycles. The first-order chi connectivity index (χ1) is 8.56. The first-order valence-electron chi connectivity index (χ1n) is 6.11. The molecular formula is C16H19NO. The molecule has 2 aromatic rings. The van der Waals surface area contributed by atoms with E-state index in [1.54, 1.807) is 0 Å². The monoisotopic (exact) mass is 241 g/mol. The lowest BCUT2D eigenvalue weighted by molar-refractivity contribution is 0.304. The molecule has 2 heteroatoms. The Bertz CT molecular complexity index is 561. The Morgan fingerprint density at radius 2 is 1.61 bits per heavy atom. The molecule has 18 heavy (non-hydrogen) atoms. The third-order valence-electron chi connectivity index (χ3n) is 3.18. The molecule has 0 heterocycles. The van der Waals surface area contributed by atoms with Crippen LogP contribution in [0, 0.1) is 20.8 Å². The van der Waals surface area contributed by atoms with Gasteiger partial charge in [0.2, 0.25) is 0 Å². The van der Waals surface area contributed by atoms with E-state index in [1.807, 2.05) is 25.1 Å². The second-order valence-electron chi connectivity index (χ2n) is 4.73. The maximum atomic E-state index is 5.82. The van der Waals surface area contributed by atoms with Crippen LogP contribution in [0.25, 0.3) is 0 Å². The Morgan fingerprint density at radius 1 is 0.889 bits per heavy atom. The van der Waals surface area contributed by atoms with Crippen LogP contribution in [0.3, 0.4) is 0 Å². The molecule has 0 spiro atoms. The first-order valence-corrected chi connectivity index (χ1v) is 6.11. The molecule has 94 valence electrons. The van der Waals surface area contributed by atoms with Gasteiger partial charge in [0.1, 0.15) is 12.4 Å². The van der Waals surface area contributed by atoms with Crippen molar-refractivity contribution in [2.24, 2.45) is 0 Å². The highest BCUT2D eigenvalue weighted by Gasteiger charge is 2.02. The number of ether oxygens (including phenoxy) is 1. The molecule has 2 aromatic carbocycles. The summed E-state index contributed by atoms with van der Waals surface area (Å²) in [6.45, 7) is 6.83. The summed E-state index contributed by atoms with van der Waals surface area (Å²) < 4.78 is 5.82. The second kappa shape index (κ2) is 5.13. The molecule has 0 saturated carbocycles. The van der Waals surface area contributed by atoms with E-state index in [0.717, 1.165) is 17.0 Å². The van der Waals surface area contributed by atoms with Crippen molar-refractivity contribution in [3.8, 4) is 5.75 Å². The molecule has 0 unspecified atom stereocenters. The van der Waals surface area contributed by atoms with Gasteiger partial charge in [0.05, 0.1) is 0 Å². The lowest BCUT2D eigenvalue weighted by Crippen LogP contribution is -1.99. The predicted octanol–water partition coefficient (Wildman–Crippen LogP) is 3.77. The topological polar surface area (TPSA) is 35.2 Å². The minimum Gasteiger partial charge on any atom is -0.489 e. The van der Waals surface area contributed by atoms with Gasteiger partial charge < -0.3 is 10.5 Å². The van der Waals surface area contributed by atoms with E-state index < -0.39 is 0 Å². The highest BCUT2D eigenvalue weighted by Crippen LogP contribution is 2.22. The van der Waals surface area contributed by atoms with Crippen molar-refractivity contribution in [2.45, 2.75) is 27.4 Å². The van der Waals surface area contributed by atoms with Gasteiger partial charge >= 0.3 is 0 Å². The molecule has 2 rings (SSSR count). The molecule has 0 aliphatic heterocycles. The van der Waals surface area contributed by atoms with E-state index in [1.165, 1.54) is 16.7 Å². The van der Waals surface area contributed by atoms with Gasteiger partial charge in [0, 0.05) is 11.8 Å². The highest BCUT2D eigenvalue weighted by atomic mass is 16.5. The third-order valence-corrected chi connectivity index (χ3v) is 3.18. The summed E-state index contributed by atoms with van der Waals surface area (Å²) in [5.74, 6) is 0.855. The van der Waals surface area contributed by atoms with Crippen LogP contribution in [0.4, 0.5) is 5.69 Å². The minimum atomic E-state index is 0.575. The van der Waals surface area contributed by atoms with Crippen molar-refractivity contribution in [3.05, 3.63) is 58.7 Å². The maximum Gasteiger partial charge on any atom is 0.124 e. The Balaban J connectivity index is 2.11. The zero-order valence-corrected chi connectivity index (χ0v) is 11.2. The van der Waals surface area contributed by atoms with Gasteiger partial charge in [0.15, 0.2) is 0 Å². The summed E-state index contributed by atoms with van der Waals surface area (Å²) in [4.78, 5) is 0. The quantitative estimate of drug-likeness (QED) is 0.830. The number of rotatable bonds is 3. The van der Waals surface area contributed by atoms with Gasteiger partial charge in [-0.05, 0) is 49.1 Å². The van der Waals surface area contributed by atoms with E-state index in [-0.39, 0.29) is 0 Å². The van der Waals surface area contributed by atoms with Crippen molar-refractivity contribution in [3.63, 3.8) is 0 Å². The van der Waals surface area contributed by atoms with Crippen LogP contribution < -0.4 is 10.5 Å². The van der Waals surface area contributed by atoms with E-state index in [2.05, 4.69) is 32.0 Å². The summed E-state index contributed by atoms with van der Waals surface area (Å²) >= 11 is 0. The van der Waals surface area contributed by atoms with Gasteiger partial charge in [-0.15, -0.1) is 0 Å². The highest BCUT2D eigenvalue weighted by molar-refractivity contribution is 5.48. The molecule has 0 bridgehead atoms. The fourth-order valence-corrected chi connectivity index (χ4v) is 1.83. The van der Waals surface area contributed by atoms with Crippen molar-refractivity contribution >= 4 is 5.69 Å². The fraction of sp³-hybridized carbons (Fsp3) is 0.250. The van der Waals surface area contributed by atoms with E-state index >= 15 is 0 Å². The average molecular weight is 241 g/mol. The Labute approximate surface area is 108 Å². The molecule has 0 aliphatic rings. The van der Waals surface area contributed by atoms with Crippen molar-refractivity contribution in [1.82, 2.24) is 0 Å². The summed E-state index contributed by atoms with van der Waals surface area (Å²) in [6.07, 6.45) is 0. The lowest BCUT2D eigenvalue weighted by atomic mass is 10.1. The van der Waals surface area contributed by atoms with E-state index in [4.69, 9.17) is 10.5 Å². The molecule has 0 saturated heterocycles. The Hall–Kier alpha value is -1.96. The SMILES string of the molecule is Cc1ccc(COc2cc(N)ccc2C)cc1C. The predicted molar refractivity (Wildman–Crippen MR) is 75.8 cm³/mol. The van der Waals surface area contributed by atoms with Gasteiger partial charge in [-0.1, -0.05) is 24.3 Å². The molecule has 2 nitrogen and oxygen atoms in total. The number of nitrogens with two attached hydrogens (primary N) is 1. The number of anilines is 1. The van der Waals surface area contributed by atoms with Crippen LogP contribution in [-0.2, 0) is 6.61 Å². The van der Waals surface area contributed by atoms with Crippen LogP contribution in [0.1, 0.15) is 22.3 Å². The molecular weight excluding hydrogens is 222 g/mol. The minimum absolute atomic E-state index is 0.575.